The Kier molecular flexibility index (Phi) is 5.09. The molecular formula is C16H17BrN2O2. The van der Waals surface area contributed by atoms with E-state index in [1.807, 2.05) is 12.1 Å². The lowest BCUT2D eigenvalue weighted by atomic mass is 10.1. The molecule has 0 heterocycles. The molecule has 0 fully saturated rings. The Morgan fingerprint density at radius 2 is 2.05 bits per heavy atom. The Hall–Kier alpha value is -1.72. The van der Waals surface area contributed by atoms with Gasteiger partial charge in [-0.2, -0.15) is 0 Å². The van der Waals surface area contributed by atoms with E-state index in [2.05, 4.69) is 53.3 Å². The third-order valence-corrected chi connectivity index (χ3v) is 4.03. The van der Waals surface area contributed by atoms with Crippen molar-refractivity contribution in [1.29, 1.82) is 0 Å². The highest BCUT2D eigenvalue weighted by molar-refractivity contribution is 9.10. The standard InChI is InChI=1S/C16H17BrN2O2/c1-11-4-3-5-14(8-11)12(2)18-10-13-6-7-15(17)16(9-13)19(20)21/h3-9,12,18H,10H2,1-2H3/t12-/m1/s1. The monoisotopic (exact) mass is 348 g/mol. The van der Waals surface area contributed by atoms with Crippen LogP contribution in [-0.4, -0.2) is 4.92 Å². The van der Waals surface area contributed by atoms with Gasteiger partial charge in [-0.05, 0) is 47.0 Å². The summed E-state index contributed by atoms with van der Waals surface area (Å²) in [6.45, 7) is 4.74. The summed E-state index contributed by atoms with van der Waals surface area (Å²) in [6.07, 6.45) is 0. The average Bonchev–Trinajstić information content (AvgIpc) is 2.45. The SMILES string of the molecule is Cc1cccc([C@@H](C)NCc2ccc(Br)c([N+](=O)[O-])c2)c1. The minimum Gasteiger partial charge on any atom is -0.306 e. The van der Waals surface area contributed by atoms with E-state index in [9.17, 15) is 10.1 Å². The number of hydrogen-bond donors (Lipinski definition) is 1. The van der Waals surface area contributed by atoms with E-state index in [0.717, 1.165) is 5.56 Å². The molecular weight excluding hydrogens is 332 g/mol. The fraction of sp³-hybridized carbons (Fsp3) is 0.250. The van der Waals surface area contributed by atoms with Gasteiger partial charge in [-0.15, -0.1) is 0 Å². The summed E-state index contributed by atoms with van der Waals surface area (Å²) in [5, 5.41) is 14.3. The van der Waals surface area contributed by atoms with Crippen LogP contribution < -0.4 is 5.32 Å². The lowest BCUT2D eigenvalue weighted by Gasteiger charge is -2.15. The topological polar surface area (TPSA) is 55.2 Å². The molecule has 0 amide bonds. The molecule has 0 bridgehead atoms. The van der Waals surface area contributed by atoms with Crippen molar-refractivity contribution in [2.24, 2.45) is 0 Å². The van der Waals surface area contributed by atoms with Crippen molar-refractivity contribution in [2.75, 3.05) is 0 Å². The van der Waals surface area contributed by atoms with Gasteiger partial charge in [0.05, 0.1) is 9.40 Å². The van der Waals surface area contributed by atoms with Gasteiger partial charge in [0.1, 0.15) is 0 Å². The summed E-state index contributed by atoms with van der Waals surface area (Å²) in [4.78, 5) is 10.5. The van der Waals surface area contributed by atoms with Crippen molar-refractivity contribution < 1.29 is 4.92 Å². The Morgan fingerprint density at radius 1 is 1.29 bits per heavy atom. The second-order valence-corrected chi connectivity index (χ2v) is 5.91. The maximum Gasteiger partial charge on any atom is 0.283 e. The van der Waals surface area contributed by atoms with Gasteiger partial charge in [-0.1, -0.05) is 35.9 Å². The van der Waals surface area contributed by atoms with E-state index in [4.69, 9.17) is 0 Å². The second-order valence-electron chi connectivity index (χ2n) is 5.06. The van der Waals surface area contributed by atoms with Gasteiger partial charge in [-0.25, -0.2) is 0 Å². The summed E-state index contributed by atoms with van der Waals surface area (Å²) < 4.78 is 0.503. The van der Waals surface area contributed by atoms with E-state index >= 15 is 0 Å². The molecule has 0 aliphatic heterocycles. The summed E-state index contributed by atoms with van der Waals surface area (Å²) in [5.74, 6) is 0. The minimum absolute atomic E-state index is 0.0949. The molecule has 21 heavy (non-hydrogen) atoms. The zero-order chi connectivity index (χ0) is 15.4. The van der Waals surface area contributed by atoms with Gasteiger partial charge >= 0.3 is 0 Å². The molecule has 0 aromatic heterocycles. The molecule has 0 spiro atoms. The molecule has 5 heteroatoms. The van der Waals surface area contributed by atoms with E-state index in [0.29, 0.717) is 11.0 Å². The maximum absolute atomic E-state index is 10.9. The Bertz CT molecular complexity index is 658. The third-order valence-electron chi connectivity index (χ3n) is 3.36. The number of nitro groups is 1. The third kappa shape index (κ3) is 4.12. The first kappa shape index (κ1) is 15.7. The van der Waals surface area contributed by atoms with Gasteiger partial charge < -0.3 is 5.32 Å². The first-order valence-electron chi connectivity index (χ1n) is 6.70. The molecule has 0 unspecified atom stereocenters. The summed E-state index contributed by atoms with van der Waals surface area (Å²) in [6, 6.07) is 13.7. The predicted molar refractivity (Wildman–Crippen MR) is 87.2 cm³/mol. The number of nitro benzene ring substituents is 1. The Labute approximate surface area is 132 Å². The quantitative estimate of drug-likeness (QED) is 0.638. The van der Waals surface area contributed by atoms with Crippen LogP contribution in [0.4, 0.5) is 5.69 Å². The van der Waals surface area contributed by atoms with Gasteiger partial charge in [0.25, 0.3) is 5.69 Å². The van der Waals surface area contributed by atoms with Crippen molar-refractivity contribution >= 4 is 21.6 Å². The van der Waals surface area contributed by atoms with Gasteiger partial charge in [0.2, 0.25) is 0 Å². The molecule has 1 N–H and O–H groups in total. The molecule has 2 rings (SSSR count). The van der Waals surface area contributed by atoms with Crippen LogP contribution in [0.2, 0.25) is 0 Å². The van der Waals surface area contributed by atoms with E-state index < -0.39 is 0 Å². The van der Waals surface area contributed by atoms with Crippen LogP contribution in [0, 0.1) is 17.0 Å². The van der Waals surface area contributed by atoms with Gasteiger partial charge in [0.15, 0.2) is 0 Å². The van der Waals surface area contributed by atoms with Crippen LogP contribution >= 0.6 is 15.9 Å². The van der Waals surface area contributed by atoms with E-state index in [1.165, 1.54) is 11.1 Å². The molecule has 0 saturated heterocycles. The van der Waals surface area contributed by atoms with Gasteiger partial charge in [-0.3, -0.25) is 10.1 Å². The number of benzene rings is 2. The van der Waals surface area contributed by atoms with Crippen molar-refractivity contribution in [3.8, 4) is 0 Å². The highest BCUT2D eigenvalue weighted by Gasteiger charge is 2.13. The molecule has 110 valence electrons. The fourth-order valence-electron chi connectivity index (χ4n) is 2.14. The van der Waals surface area contributed by atoms with Crippen molar-refractivity contribution in [3.63, 3.8) is 0 Å². The zero-order valence-corrected chi connectivity index (χ0v) is 13.6. The maximum atomic E-state index is 10.9. The molecule has 2 aromatic carbocycles. The lowest BCUT2D eigenvalue weighted by Crippen LogP contribution is -2.18. The van der Waals surface area contributed by atoms with Crippen LogP contribution in [0.1, 0.15) is 29.7 Å². The van der Waals surface area contributed by atoms with Crippen LogP contribution in [0.15, 0.2) is 46.9 Å². The smallest absolute Gasteiger partial charge is 0.283 e. The molecule has 0 radical (unpaired) electrons. The molecule has 1 atom stereocenters. The Morgan fingerprint density at radius 3 is 2.71 bits per heavy atom. The normalized spacial score (nSPS) is 12.1. The summed E-state index contributed by atoms with van der Waals surface area (Å²) in [7, 11) is 0. The first-order chi connectivity index (χ1) is 9.97. The highest BCUT2D eigenvalue weighted by Crippen LogP contribution is 2.26. The highest BCUT2D eigenvalue weighted by atomic mass is 79.9. The number of nitrogens with one attached hydrogen (secondary N) is 1. The molecule has 0 saturated carbocycles. The predicted octanol–water partition coefficient (Wildman–Crippen LogP) is 4.52. The average molecular weight is 349 g/mol. The number of hydrogen-bond acceptors (Lipinski definition) is 3. The van der Waals surface area contributed by atoms with Gasteiger partial charge in [0, 0.05) is 18.7 Å². The number of aryl methyl sites for hydroxylation is 1. The number of rotatable bonds is 5. The van der Waals surface area contributed by atoms with Crippen molar-refractivity contribution in [2.45, 2.75) is 26.4 Å². The molecule has 4 nitrogen and oxygen atoms in total. The minimum atomic E-state index is -0.377. The van der Waals surface area contributed by atoms with E-state index in [-0.39, 0.29) is 16.7 Å². The second kappa shape index (κ2) is 6.83. The van der Waals surface area contributed by atoms with Crippen LogP contribution in [0.3, 0.4) is 0 Å². The van der Waals surface area contributed by atoms with Crippen LogP contribution in [0.5, 0.6) is 0 Å². The van der Waals surface area contributed by atoms with Crippen molar-refractivity contribution in [3.05, 3.63) is 73.7 Å². The fourth-order valence-corrected chi connectivity index (χ4v) is 2.53. The largest absolute Gasteiger partial charge is 0.306 e. The van der Waals surface area contributed by atoms with Crippen LogP contribution in [0.25, 0.3) is 0 Å². The zero-order valence-electron chi connectivity index (χ0n) is 12.0. The molecule has 2 aromatic rings. The van der Waals surface area contributed by atoms with Crippen molar-refractivity contribution in [1.82, 2.24) is 5.32 Å². The first-order valence-corrected chi connectivity index (χ1v) is 7.49. The lowest BCUT2D eigenvalue weighted by molar-refractivity contribution is -0.385. The summed E-state index contributed by atoms with van der Waals surface area (Å²) >= 11 is 3.19. The van der Waals surface area contributed by atoms with Crippen LogP contribution in [-0.2, 0) is 6.54 Å². The molecule has 0 aliphatic carbocycles. The summed E-state index contributed by atoms with van der Waals surface area (Å²) in [5.41, 5.74) is 3.42. The number of halogens is 1. The Balaban J connectivity index is 2.06. The van der Waals surface area contributed by atoms with E-state index in [1.54, 1.807) is 12.1 Å². The molecule has 0 aliphatic rings. The number of nitrogens with zero attached hydrogens (tertiary/aromatic N) is 1.